The Morgan fingerprint density at radius 2 is 1.13 bits per heavy atom. The van der Waals surface area contributed by atoms with Gasteiger partial charge in [-0.25, -0.2) is 9.97 Å². The highest BCUT2D eigenvalue weighted by atomic mass is 32.1. The van der Waals surface area contributed by atoms with Gasteiger partial charge in [-0.15, -0.1) is 12.6 Å². The Balaban J connectivity index is 1.75. The molecule has 0 bridgehead atoms. The van der Waals surface area contributed by atoms with Gasteiger partial charge in [0, 0.05) is 22.9 Å². The first-order valence-electron chi connectivity index (χ1n) is 12.4. The highest BCUT2D eigenvalue weighted by Crippen LogP contribution is 2.25. The largest absolute Gasteiger partial charge is 0.236 e. The summed E-state index contributed by atoms with van der Waals surface area (Å²) in [6.45, 7) is 4.53. The zero-order valence-electron chi connectivity index (χ0n) is 19.3. The molecular formula is C27H42N2S. The molecule has 0 fully saturated rings. The van der Waals surface area contributed by atoms with E-state index in [0.717, 1.165) is 29.1 Å². The molecule has 0 radical (unpaired) electrons. The normalized spacial score (nSPS) is 11.2. The van der Waals surface area contributed by atoms with Crippen LogP contribution in [0.1, 0.15) is 108 Å². The second-order valence-corrected chi connectivity index (χ2v) is 9.14. The minimum Gasteiger partial charge on any atom is -0.236 e. The summed E-state index contributed by atoms with van der Waals surface area (Å²) in [6, 6.07) is 6.56. The van der Waals surface area contributed by atoms with Crippen molar-refractivity contribution >= 4 is 12.6 Å². The van der Waals surface area contributed by atoms with E-state index in [0.29, 0.717) is 0 Å². The van der Waals surface area contributed by atoms with Gasteiger partial charge in [0.25, 0.3) is 0 Å². The fraction of sp³-hybridized carbons (Fsp3) is 0.630. The van der Waals surface area contributed by atoms with E-state index in [1.807, 2.05) is 12.4 Å². The molecule has 3 heteroatoms. The number of thiol groups is 1. The van der Waals surface area contributed by atoms with Crippen molar-refractivity contribution in [1.29, 1.82) is 0 Å². The third kappa shape index (κ3) is 9.64. The smallest absolute Gasteiger partial charge is 0.160 e. The van der Waals surface area contributed by atoms with Crippen LogP contribution in [-0.4, -0.2) is 9.97 Å². The molecule has 1 aromatic heterocycles. The van der Waals surface area contributed by atoms with Crippen molar-refractivity contribution in [2.75, 3.05) is 0 Å². The van der Waals surface area contributed by atoms with E-state index in [4.69, 9.17) is 12.6 Å². The number of unbranched alkanes of at least 4 members (excludes halogenated alkanes) is 11. The fourth-order valence-corrected chi connectivity index (χ4v) is 4.28. The van der Waals surface area contributed by atoms with E-state index in [1.54, 1.807) is 0 Å². The maximum atomic E-state index is 4.72. The number of benzene rings is 1. The first-order valence-corrected chi connectivity index (χ1v) is 12.8. The number of hydrogen-bond acceptors (Lipinski definition) is 3. The second kappa shape index (κ2) is 15.5. The first-order chi connectivity index (χ1) is 14.7. The molecule has 0 aliphatic carbocycles. The molecule has 0 aliphatic heterocycles. The van der Waals surface area contributed by atoms with Gasteiger partial charge in [-0.3, -0.25) is 0 Å². The summed E-state index contributed by atoms with van der Waals surface area (Å²) in [5.41, 5.74) is 3.65. The van der Waals surface area contributed by atoms with Crippen LogP contribution in [-0.2, 0) is 12.8 Å². The van der Waals surface area contributed by atoms with Gasteiger partial charge in [0.15, 0.2) is 5.82 Å². The van der Waals surface area contributed by atoms with Crippen molar-refractivity contribution in [3.63, 3.8) is 0 Å². The standard InChI is InChI=1S/C27H42N2S/c1-3-5-7-9-10-11-13-14-16-23-18-19-25(26(30)20-23)27-28-21-24(22-29-27)17-15-12-8-6-4-2/h18-22,30H,3-17H2,1-2H3. The Labute approximate surface area is 190 Å². The summed E-state index contributed by atoms with van der Waals surface area (Å²) in [5, 5.41) is 0. The number of nitrogens with zero attached hydrogens (tertiary/aromatic N) is 2. The minimum atomic E-state index is 0.786. The molecule has 0 saturated heterocycles. The lowest BCUT2D eigenvalue weighted by Gasteiger charge is -2.08. The molecule has 1 heterocycles. The van der Waals surface area contributed by atoms with Crippen LogP contribution in [0.4, 0.5) is 0 Å². The molecular weight excluding hydrogens is 384 g/mol. The van der Waals surface area contributed by atoms with Gasteiger partial charge in [-0.2, -0.15) is 0 Å². The number of aryl methyl sites for hydroxylation is 2. The van der Waals surface area contributed by atoms with E-state index >= 15 is 0 Å². The summed E-state index contributed by atoms with van der Waals surface area (Å²) >= 11 is 4.72. The first kappa shape index (κ1) is 24.9. The van der Waals surface area contributed by atoms with E-state index in [2.05, 4.69) is 42.0 Å². The summed E-state index contributed by atoms with van der Waals surface area (Å²) in [4.78, 5) is 10.2. The summed E-state index contributed by atoms with van der Waals surface area (Å²) < 4.78 is 0. The lowest BCUT2D eigenvalue weighted by atomic mass is 10.0. The van der Waals surface area contributed by atoms with E-state index < -0.39 is 0 Å². The van der Waals surface area contributed by atoms with Crippen molar-refractivity contribution in [1.82, 2.24) is 9.97 Å². The predicted molar refractivity (Wildman–Crippen MR) is 133 cm³/mol. The van der Waals surface area contributed by atoms with Crippen LogP contribution in [0.5, 0.6) is 0 Å². The zero-order valence-corrected chi connectivity index (χ0v) is 20.2. The quantitative estimate of drug-likeness (QED) is 0.215. The highest BCUT2D eigenvalue weighted by Gasteiger charge is 2.07. The fourth-order valence-electron chi connectivity index (χ4n) is 3.94. The third-order valence-corrected chi connectivity index (χ3v) is 6.27. The average Bonchev–Trinajstić information content (AvgIpc) is 2.76. The van der Waals surface area contributed by atoms with Crippen LogP contribution < -0.4 is 0 Å². The molecule has 0 atom stereocenters. The number of aromatic nitrogens is 2. The van der Waals surface area contributed by atoms with E-state index in [1.165, 1.54) is 94.6 Å². The molecule has 0 aliphatic rings. The van der Waals surface area contributed by atoms with Gasteiger partial charge in [0.1, 0.15) is 0 Å². The second-order valence-electron chi connectivity index (χ2n) is 8.66. The SMILES string of the molecule is CCCCCCCCCCc1ccc(-c2ncc(CCCCCCC)cn2)c(S)c1. The third-order valence-electron chi connectivity index (χ3n) is 5.90. The van der Waals surface area contributed by atoms with Gasteiger partial charge in [0.05, 0.1) is 0 Å². The van der Waals surface area contributed by atoms with Crippen molar-refractivity contribution in [3.05, 3.63) is 41.7 Å². The van der Waals surface area contributed by atoms with Crippen molar-refractivity contribution in [3.8, 4) is 11.4 Å². The molecule has 30 heavy (non-hydrogen) atoms. The van der Waals surface area contributed by atoms with Crippen molar-refractivity contribution in [2.24, 2.45) is 0 Å². The summed E-state index contributed by atoms with van der Waals surface area (Å²) in [6.07, 6.45) is 23.6. The van der Waals surface area contributed by atoms with Gasteiger partial charge in [-0.05, 0) is 48.9 Å². The maximum absolute atomic E-state index is 4.72. The van der Waals surface area contributed by atoms with Gasteiger partial charge < -0.3 is 0 Å². The Morgan fingerprint density at radius 1 is 0.633 bits per heavy atom. The molecule has 0 saturated carbocycles. The maximum Gasteiger partial charge on any atom is 0.160 e. The topological polar surface area (TPSA) is 25.8 Å². The molecule has 0 amide bonds. The van der Waals surface area contributed by atoms with Crippen LogP contribution in [0.25, 0.3) is 11.4 Å². The summed E-state index contributed by atoms with van der Waals surface area (Å²) in [7, 11) is 0. The van der Waals surface area contributed by atoms with Gasteiger partial charge >= 0.3 is 0 Å². The van der Waals surface area contributed by atoms with Crippen LogP contribution in [0.2, 0.25) is 0 Å². The minimum absolute atomic E-state index is 0.786. The Kier molecular flexibility index (Phi) is 12.8. The monoisotopic (exact) mass is 426 g/mol. The Bertz CT molecular complexity index is 697. The van der Waals surface area contributed by atoms with E-state index in [-0.39, 0.29) is 0 Å². The molecule has 2 rings (SSSR count). The van der Waals surface area contributed by atoms with Gasteiger partial charge in [-0.1, -0.05) is 90.5 Å². The molecule has 2 aromatic rings. The van der Waals surface area contributed by atoms with Crippen molar-refractivity contribution < 1.29 is 0 Å². The number of hydrogen-bond donors (Lipinski definition) is 1. The van der Waals surface area contributed by atoms with Crippen LogP contribution in [0.15, 0.2) is 35.5 Å². The lowest BCUT2D eigenvalue weighted by Crippen LogP contribution is -1.95. The molecule has 0 unspecified atom stereocenters. The molecule has 2 nitrogen and oxygen atoms in total. The Hall–Kier alpha value is -1.35. The average molecular weight is 427 g/mol. The van der Waals surface area contributed by atoms with Crippen LogP contribution in [0.3, 0.4) is 0 Å². The molecule has 0 spiro atoms. The lowest BCUT2D eigenvalue weighted by molar-refractivity contribution is 0.575. The Morgan fingerprint density at radius 3 is 1.67 bits per heavy atom. The number of rotatable bonds is 16. The predicted octanol–water partition coefficient (Wildman–Crippen LogP) is 8.63. The van der Waals surface area contributed by atoms with Crippen LogP contribution >= 0.6 is 12.6 Å². The van der Waals surface area contributed by atoms with Crippen molar-refractivity contribution in [2.45, 2.75) is 115 Å². The zero-order chi connectivity index (χ0) is 21.4. The summed E-state index contributed by atoms with van der Waals surface area (Å²) in [5.74, 6) is 0.786. The molecule has 1 aromatic carbocycles. The molecule has 0 N–H and O–H groups in total. The van der Waals surface area contributed by atoms with E-state index in [9.17, 15) is 0 Å². The van der Waals surface area contributed by atoms with Crippen LogP contribution in [0, 0.1) is 0 Å². The highest BCUT2D eigenvalue weighted by molar-refractivity contribution is 7.80. The molecule has 166 valence electrons. The van der Waals surface area contributed by atoms with Gasteiger partial charge in [0.2, 0.25) is 0 Å².